The van der Waals surface area contributed by atoms with E-state index in [4.69, 9.17) is 4.74 Å². The largest absolute Gasteiger partial charge is 0.487 e. The number of amides is 3. The fourth-order valence-electron chi connectivity index (χ4n) is 5.26. The van der Waals surface area contributed by atoms with Crippen molar-refractivity contribution in [3.63, 3.8) is 0 Å². The van der Waals surface area contributed by atoms with Gasteiger partial charge in [-0.2, -0.15) is 0 Å². The average molecular weight is 580 g/mol. The number of ether oxygens (including phenoxy) is 1. The molecule has 3 rings (SSSR count). The Balaban J connectivity index is 1.66. The molecule has 2 heterocycles. The topological polar surface area (TPSA) is 86.8 Å². The van der Waals surface area contributed by atoms with E-state index in [1.807, 2.05) is 35.2 Å². The zero-order chi connectivity index (χ0) is 30.5. The van der Waals surface area contributed by atoms with Crippen molar-refractivity contribution >= 4 is 17.6 Å². The molecule has 1 aromatic carbocycles. The van der Waals surface area contributed by atoms with Gasteiger partial charge in [0.15, 0.2) is 0 Å². The number of aromatic nitrogens is 1. The van der Waals surface area contributed by atoms with Gasteiger partial charge in [-0.3, -0.25) is 9.78 Å². The first-order chi connectivity index (χ1) is 20.0. The smallest absolute Gasteiger partial charge is 0.318 e. The summed E-state index contributed by atoms with van der Waals surface area (Å²) in [5.74, 6) is 1.49. The lowest BCUT2D eigenvalue weighted by Gasteiger charge is -2.36. The van der Waals surface area contributed by atoms with Gasteiger partial charge >= 0.3 is 6.03 Å². The molecule has 1 aliphatic rings. The molecule has 2 N–H and O–H groups in total. The standard InChI is InChI=1S/C34H53N5O3/c1-26(2)18-22-39(29-14-16-30(17-15-29)42-24-28-13-9-10-19-35-28)25-34(5,6)37-32(40)31(23-27(3)4)36-33(41)38-20-11-7-8-12-21-38/h9-10,13-17,19,26-27,31H,7-8,11-12,18,20-25H2,1-6H3,(H,36,41)(H,37,40). The van der Waals surface area contributed by atoms with Gasteiger partial charge in [-0.05, 0) is 87.8 Å². The van der Waals surface area contributed by atoms with Gasteiger partial charge in [-0.1, -0.05) is 46.6 Å². The first kappa shape index (κ1) is 33.2. The molecule has 8 nitrogen and oxygen atoms in total. The maximum Gasteiger partial charge on any atom is 0.318 e. The van der Waals surface area contributed by atoms with Crippen LogP contribution in [0, 0.1) is 11.8 Å². The quantitative estimate of drug-likeness (QED) is 0.270. The zero-order valence-corrected chi connectivity index (χ0v) is 26.7. The number of nitrogens with one attached hydrogen (secondary N) is 2. The minimum Gasteiger partial charge on any atom is -0.487 e. The van der Waals surface area contributed by atoms with Crippen molar-refractivity contribution in [2.75, 3.05) is 31.1 Å². The van der Waals surface area contributed by atoms with Crippen molar-refractivity contribution in [2.45, 2.75) is 98.3 Å². The molecule has 1 fully saturated rings. The minimum absolute atomic E-state index is 0.126. The number of anilines is 1. The van der Waals surface area contributed by atoms with Gasteiger partial charge in [0.1, 0.15) is 18.4 Å². The van der Waals surface area contributed by atoms with Crippen molar-refractivity contribution < 1.29 is 14.3 Å². The van der Waals surface area contributed by atoms with Gasteiger partial charge in [0.25, 0.3) is 0 Å². The van der Waals surface area contributed by atoms with Crippen LogP contribution in [0.15, 0.2) is 48.7 Å². The third-order valence-electron chi connectivity index (χ3n) is 7.55. The zero-order valence-electron chi connectivity index (χ0n) is 26.7. The highest BCUT2D eigenvalue weighted by Crippen LogP contribution is 2.23. The number of carbonyl (C=O) groups excluding carboxylic acids is 2. The van der Waals surface area contributed by atoms with Crippen LogP contribution in [0.25, 0.3) is 0 Å². The van der Waals surface area contributed by atoms with Crippen LogP contribution >= 0.6 is 0 Å². The molecule has 0 spiro atoms. The molecule has 0 saturated carbocycles. The van der Waals surface area contributed by atoms with Gasteiger partial charge in [0, 0.05) is 38.1 Å². The molecule has 1 saturated heterocycles. The van der Waals surface area contributed by atoms with E-state index in [9.17, 15) is 9.59 Å². The SMILES string of the molecule is CC(C)CCN(CC(C)(C)NC(=O)C(CC(C)C)NC(=O)N1CCCCCC1)c1ccc(OCc2ccccn2)cc1. The molecule has 3 amide bonds. The van der Waals surface area contributed by atoms with Crippen molar-refractivity contribution in [2.24, 2.45) is 11.8 Å². The number of hydrogen-bond donors (Lipinski definition) is 2. The van der Waals surface area contributed by atoms with E-state index in [-0.39, 0.29) is 17.9 Å². The predicted molar refractivity (Wildman–Crippen MR) is 171 cm³/mol. The number of pyridine rings is 1. The molecule has 1 unspecified atom stereocenters. The molecule has 1 aliphatic heterocycles. The van der Waals surface area contributed by atoms with Gasteiger partial charge in [0.05, 0.1) is 11.2 Å². The van der Waals surface area contributed by atoms with Crippen LogP contribution in [0.1, 0.15) is 85.8 Å². The Hall–Kier alpha value is -3.29. The molecule has 0 bridgehead atoms. The Labute approximate surface area is 253 Å². The molecule has 1 aromatic heterocycles. The van der Waals surface area contributed by atoms with E-state index in [0.29, 0.717) is 25.5 Å². The number of carbonyl (C=O) groups is 2. The van der Waals surface area contributed by atoms with Crippen LogP contribution in [-0.2, 0) is 11.4 Å². The lowest BCUT2D eigenvalue weighted by Crippen LogP contribution is -2.58. The number of likely N-dealkylation sites (tertiary alicyclic amines) is 1. The van der Waals surface area contributed by atoms with Crippen molar-refractivity contribution in [3.05, 3.63) is 54.4 Å². The summed E-state index contributed by atoms with van der Waals surface area (Å²) >= 11 is 0. The van der Waals surface area contributed by atoms with Crippen LogP contribution in [0.5, 0.6) is 5.75 Å². The van der Waals surface area contributed by atoms with E-state index in [1.165, 1.54) is 0 Å². The number of nitrogens with zero attached hydrogens (tertiary/aromatic N) is 3. The summed E-state index contributed by atoms with van der Waals surface area (Å²) in [5.41, 5.74) is 1.44. The average Bonchev–Trinajstić information content (AvgIpc) is 3.24. The van der Waals surface area contributed by atoms with Crippen molar-refractivity contribution in [3.8, 4) is 5.75 Å². The second-order valence-electron chi connectivity index (χ2n) is 13.1. The van der Waals surface area contributed by atoms with Gasteiger partial charge < -0.3 is 25.2 Å². The maximum absolute atomic E-state index is 13.6. The van der Waals surface area contributed by atoms with E-state index >= 15 is 0 Å². The fraction of sp³-hybridized carbons (Fsp3) is 0.618. The van der Waals surface area contributed by atoms with Crippen molar-refractivity contribution in [1.29, 1.82) is 0 Å². The van der Waals surface area contributed by atoms with E-state index in [1.54, 1.807) is 6.20 Å². The van der Waals surface area contributed by atoms with Crippen LogP contribution in [-0.4, -0.2) is 59.6 Å². The van der Waals surface area contributed by atoms with Gasteiger partial charge in [0.2, 0.25) is 5.91 Å². The Morgan fingerprint density at radius 3 is 2.26 bits per heavy atom. The number of hydrogen-bond acceptors (Lipinski definition) is 5. The van der Waals surface area contributed by atoms with Crippen LogP contribution in [0.3, 0.4) is 0 Å². The van der Waals surface area contributed by atoms with Gasteiger partial charge in [-0.25, -0.2) is 4.79 Å². The third kappa shape index (κ3) is 11.5. The summed E-state index contributed by atoms with van der Waals surface area (Å²) in [6, 6.07) is 13.2. The summed E-state index contributed by atoms with van der Waals surface area (Å²) in [5, 5.41) is 6.34. The highest BCUT2D eigenvalue weighted by Gasteiger charge is 2.30. The molecule has 8 heteroatoms. The monoisotopic (exact) mass is 579 g/mol. The summed E-state index contributed by atoms with van der Waals surface area (Å²) in [4.78, 5) is 35.2. The molecule has 2 aromatic rings. The molecule has 0 radical (unpaired) electrons. The third-order valence-corrected chi connectivity index (χ3v) is 7.55. The summed E-state index contributed by atoms with van der Waals surface area (Å²) in [7, 11) is 0. The number of urea groups is 1. The van der Waals surface area contributed by atoms with Gasteiger partial charge in [-0.15, -0.1) is 0 Å². The maximum atomic E-state index is 13.6. The summed E-state index contributed by atoms with van der Waals surface area (Å²) in [6.07, 6.45) is 7.74. The van der Waals surface area contributed by atoms with E-state index < -0.39 is 11.6 Å². The van der Waals surface area contributed by atoms with Crippen molar-refractivity contribution in [1.82, 2.24) is 20.5 Å². The van der Waals surface area contributed by atoms with Crippen LogP contribution in [0.2, 0.25) is 0 Å². The second-order valence-corrected chi connectivity index (χ2v) is 13.1. The van der Waals surface area contributed by atoms with Crippen LogP contribution in [0.4, 0.5) is 10.5 Å². The Morgan fingerprint density at radius 2 is 1.67 bits per heavy atom. The minimum atomic E-state index is -0.570. The lowest BCUT2D eigenvalue weighted by molar-refractivity contribution is -0.124. The Kier molecular flexibility index (Phi) is 12.9. The number of benzene rings is 1. The molecule has 42 heavy (non-hydrogen) atoms. The highest BCUT2D eigenvalue weighted by molar-refractivity contribution is 5.87. The number of rotatable bonds is 14. The molecule has 0 aliphatic carbocycles. The molecular formula is C34H53N5O3. The predicted octanol–water partition coefficient (Wildman–Crippen LogP) is 6.41. The first-order valence-electron chi connectivity index (χ1n) is 15.8. The molecule has 1 atom stereocenters. The van der Waals surface area contributed by atoms with E-state index in [0.717, 1.165) is 68.9 Å². The fourth-order valence-corrected chi connectivity index (χ4v) is 5.26. The lowest BCUT2D eigenvalue weighted by atomic mass is 9.99. The van der Waals surface area contributed by atoms with E-state index in [2.05, 4.69) is 74.2 Å². The van der Waals surface area contributed by atoms with Crippen LogP contribution < -0.4 is 20.3 Å². The summed E-state index contributed by atoms with van der Waals surface area (Å²) < 4.78 is 5.94. The molecule has 232 valence electrons. The highest BCUT2D eigenvalue weighted by atomic mass is 16.5. The summed E-state index contributed by atoms with van der Waals surface area (Å²) in [6.45, 7) is 16.2. The second kappa shape index (κ2) is 16.4. The Morgan fingerprint density at radius 1 is 0.976 bits per heavy atom. The Bertz CT molecular complexity index is 1080. The molecular weight excluding hydrogens is 526 g/mol. The normalized spacial score (nSPS) is 14.8. The first-order valence-corrected chi connectivity index (χ1v) is 15.8.